The summed E-state index contributed by atoms with van der Waals surface area (Å²) in [5, 5.41) is 14.3. The smallest absolute Gasteiger partial charge is 0.314 e. The molecule has 0 aromatic heterocycles. The van der Waals surface area contributed by atoms with E-state index >= 15 is 0 Å². The maximum absolute atomic E-state index is 11.3. The second kappa shape index (κ2) is 8.84. The predicted octanol–water partition coefficient (Wildman–Crippen LogP) is 1.98. The van der Waals surface area contributed by atoms with E-state index in [0.717, 1.165) is 19.3 Å². The fourth-order valence-electron chi connectivity index (χ4n) is 1.44. The summed E-state index contributed by atoms with van der Waals surface area (Å²) in [6.45, 7) is 6.30. The van der Waals surface area contributed by atoms with Crippen molar-refractivity contribution in [2.45, 2.75) is 52.5 Å². The van der Waals surface area contributed by atoms with Gasteiger partial charge in [0.2, 0.25) is 0 Å². The summed E-state index contributed by atoms with van der Waals surface area (Å²) in [5.74, 6) is -1.07. The van der Waals surface area contributed by atoms with Crippen LogP contribution in [0.5, 0.6) is 0 Å². The van der Waals surface area contributed by atoms with Crippen molar-refractivity contribution < 1.29 is 14.7 Å². The molecule has 0 rings (SSSR count). The lowest BCUT2D eigenvalue weighted by Gasteiger charge is -2.15. The number of nitrogens with one attached hydrogen (secondary N) is 2. The normalized spacial score (nSPS) is 13.8. The molecule has 0 aliphatic rings. The summed E-state index contributed by atoms with van der Waals surface area (Å²) in [4.78, 5) is 21.9. The van der Waals surface area contributed by atoms with E-state index in [2.05, 4.69) is 10.6 Å². The molecule has 0 radical (unpaired) electrons. The van der Waals surface area contributed by atoms with E-state index in [0.29, 0.717) is 13.0 Å². The minimum atomic E-state index is -0.758. The fourth-order valence-corrected chi connectivity index (χ4v) is 1.44. The lowest BCUT2D eigenvalue weighted by Crippen LogP contribution is -2.41. The van der Waals surface area contributed by atoms with Crippen LogP contribution in [0.4, 0.5) is 4.79 Å². The molecule has 0 saturated carbocycles. The molecule has 0 fully saturated rings. The quantitative estimate of drug-likeness (QED) is 0.611. The Bertz CT molecular complexity index is 244. The molecule has 2 unspecified atom stereocenters. The first kappa shape index (κ1) is 15.7. The summed E-state index contributed by atoms with van der Waals surface area (Å²) in [6, 6.07) is -0.0708. The van der Waals surface area contributed by atoms with Crippen LogP contribution in [0.25, 0.3) is 0 Å². The minimum absolute atomic E-state index is 0.0767. The highest BCUT2D eigenvalue weighted by Gasteiger charge is 2.12. The van der Waals surface area contributed by atoms with E-state index in [1.54, 1.807) is 6.92 Å². The first-order valence-corrected chi connectivity index (χ1v) is 6.24. The fraction of sp³-hybridized carbons (Fsp3) is 0.833. The molecule has 2 amide bonds. The van der Waals surface area contributed by atoms with Gasteiger partial charge in [-0.25, -0.2) is 4.79 Å². The Kier molecular flexibility index (Phi) is 8.19. The second-order valence-electron chi connectivity index (χ2n) is 4.47. The topological polar surface area (TPSA) is 78.4 Å². The van der Waals surface area contributed by atoms with E-state index in [4.69, 9.17) is 5.11 Å². The second-order valence-corrected chi connectivity index (χ2v) is 4.47. The third-order valence-electron chi connectivity index (χ3n) is 2.61. The van der Waals surface area contributed by atoms with Crippen LogP contribution in [-0.2, 0) is 4.79 Å². The van der Waals surface area contributed by atoms with Gasteiger partial charge in [0.1, 0.15) is 0 Å². The molecule has 0 aliphatic carbocycles. The number of rotatable bonds is 8. The molecule has 0 aromatic rings. The number of aliphatic carboxylic acids is 1. The third kappa shape index (κ3) is 8.54. The van der Waals surface area contributed by atoms with Crippen LogP contribution in [0.2, 0.25) is 0 Å². The molecule has 5 nitrogen and oxygen atoms in total. The van der Waals surface area contributed by atoms with E-state index < -0.39 is 5.97 Å². The van der Waals surface area contributed by atoms with Crippen molar-refractivity contribution >= 4 is 12.0 Å². The zero-order chi connectivity index (χ0) is 13.3. The van der Waals surface area contributed by atoms with Gasteiger partial charge in [0.25, 0.3) is 0 Å². The van der Waals surface area contributed by atoms with E-state index in [9.17, 15) is 9.59 Å². The first-order valence-electron chi connectivity index (χ1n) is 6.24. The van der Waals surface area contributed by atoms with E-state index in [1.807, 2.05) is 13.8 Å². The third-order valence-corrected chi connectivity index (χ3v) is 2.61. The number of urea groups is 1. The summed E-state index contributed by atoms with van der Waals surface area (Å²) in [6.07, 6.45) is 3.18. The molecule has 0 spiro atoms. The molecule has 3 N–H and O–H groups in total. The van der Waals surface area contributed by atoms with Crippen molar-refractivity contribution in [2.24, 2.45) is 5.92 Å². The summed E-state index contributed by atoms with van der Waals surface area (Å²) in [7, 11) is 0. The standard InChI is InChI=1S/C12H24N2O3/c1-4-8-13-12(17)14-10(3)7-5-6-9(2)11(15)16/h9-10H,4-8H2,1-3H3,(H,15,16)(H2,13,14,17). The molecule has 0 aromatic carbocycles. The highest BCUT2D eigenvalue weighted by atomic mass is 16.4. The number of carboxylic acid groups (broad SMARTS) is 1. The van der Waals surface area contributed by atoms with E-state index in [1.165, 1.54) is 0 Å². The SMILES string of the molecule is CCCNC(=O)NC(C)CCCC(C)C(=O)O. The van der Waals surface area contributed by atoms with Crippen molar-refractivity contribution in [3.8, 4) is 0 Å². The molecular formula is C12H24N2O3. The van der Waals surface area contributed by atoms with Crippen LogP contribution >= 0.6 is 0 Å². The molecule has 0 bridgehead atoms. The summed E-state index contributed by atoms with van der Waals surface area (Å²) >= 11 is 0. The number of carboxylic acids is 1. The zero-order valence-electron chi connectivity index (χ0n) is 11.0. The van der Waals surface area contributed by atoms with Crippen molar-refractivity contribution in [2.75, 3.05) is 6.54 Å². The van der Waals surface area contributed by atoms with Gasteiger partial charge in [-0.05, 0) is 26.2 Å². The average molecular weight is 244 g/mol. The maximum Gasteiger partial charge on any atom is 0.314 e. The van der Waals surface area contributed by atoms with Crippen LogP contribution in [0.1, 0.15) is 46.5 Å². The maximum atomic E-state index is 11.3. The van der Waals surface area contributed by atoms with Crippen LogP contribution in [0.15, 0.2) is 0 Å². The van der Waals surface area contributed by atoms with Gasteiger partial charge in [-0.3, -0.25) is 4.79 Å². The van der Waals surface area contributed by atoms with Crippen molar-refractivity contribution in [3.63, 3.8) is 0 Å². The van der Waals surface area contributed by atoms with Crippen molar-refractivity contribution in [3.05, 3.63) is 0 Å². The highest BCUT2D eigenvalue weighted by molar-refractivity contribution is 5.74. The van der Waals surface area contributed by atoms with Crippen LogP contribution in [0, 0.1) is 5.92 Å². The van der Waals surface area contributed by atoms with Gasteiger partial charge in [-0.2, -0.15) is 0 Å². The molecule has 5 heteroatoms. The first-order chi connectivity index (χ1) is 7.97. The predicted molar refractivity (Wildman–Crippen MR) is 66.9 cm³/mol. The Morgan fingerprint density at radius 3 is 2.41 bits per heavy atom. The molecule has 100 valence electrons. The lowest BCUT2D eigenvalue weighted by molar-refractivity contribution is -0.141. The molecule has 0 aliphatic heterocycles. The zero-order valence-corrected chi connectivity index (χ0v) is 11.0. The monoisotopic (exact) mass is 244 g/mol. The Labute approximate surface area is 103 Å². The molecule has 17 heavy (non-hydrogen) atoms. The highest BCUT2D eigenvalue weighted by Crippen LogP contribution is 2.09. The summed E-state index contributed by atoms with van der Waals surface area (Å²) in [5.41, 5.74) is 0. The number of hydrogen-bond donors (Lipinski definition) is 3. The van der Waals surface area contributed by atoms with Crippen LogP contribution in [-0.4, -0.2) is 29.7 Å². The van der Waals surface area contributed by atoms with Crippen molar-refractivity contribution in [1.82, 2.24) is 10.6 Å². The molecule has 2 atom stereocenters. The number of hydrogen-bond acceptors (Lipinski definition) is 2. The molecular weight excluding hydrogens is 220 g/mol. The van der Waals surface area contributed by atoms with Gasteiger partial charge >= 0.3 is 12.0 Å². The number of carbonyl (C=O) groups is 2. The number of amides is 2. The Balaban J connectivity index is 3.62. The summed E-state index contributed by atoms with van der Waals surface area (Å²) < 4.78 is 0. The van der Waals surface area contributed by atoms with Gasteiger partial charge in [0, 0.05) is 12.6 Å². The number of carbonyl (C=O) groups excluding carboxylic acids is 1. The van der Waals surface area contributed by atoms with Gasteiger partial charge in [-0.1, -0.05) is 20.3 Å². The minimum Gasteiger partial charge on any atom is -0.481 e. The van der Waals surface area contributed by atoms with Gasteiger partial charge < -0.3 is 15.7 Å². The largest absolute Gasteiger partial charge is 0.481 e. The van der Waals surface area contributed by atoms with Gasteiger partial charge in [0.15, 0.2) is 0 Å². The van der Waals surface area contributed by atoms with Gasteiger partial charge in [-0.15, -0.1) is 0 Å². The molecule has 0 saturated heterocycles. The Morgan fingerprint density at radius 2 is 1.88 bits per heavy atom. The Hall–Kier alpha value is -1.26. The Morgan fingerprint density at radius 1 is 1.24 bits per heavy atom. The van der Waals surface area contributed by atoms with Crippen molar-refractivity contribution in [1.29, 1.82) is 0 Å². The van der Waals surface area contributed by atoms with Crippen LogP contribution < -0.4 is 10.6 Å². The average Bonchev–Trinajstić information content (AvgIpc) is 2.25. The van der Waals surface area contributed by atoms with Gasteiger partial charge in [0.05, 0.1) is 5.92 Å². The van der Waals surface area contributed by atoms with Crippen LogP contribution in [0.3, 0.4) is 0 Å². The van der Waals surface area contributed by atoms with E-state index in [-0.39, 0.29) is 18.0 Å². The lowest BCUT2D eigenvalue weighted by atomic mass is 10.0. The molecule has 0 heterocycles.